The van der Waals surface area contributed by atoms with Crippen molar-refractivity contribution in [3.63, 3.8) is 0 Å². The molecule has 0 saturated heterocycles. The Morgan fingerprint density at radius 3 is 2.69 bits per heavy atom. The summed E-state index contributed by atoms with van der Waals surface area (Å²) < 4.78 is 0. The van der Waals surface area contributed by atoms with Gasteiger partial charge < -0.3 is 10.6 Å². The van der Waals surface area contributed by atoms with E-state index < -0.39 is 0 Å². The lowest BCUT2D eigenvalue weighted by Crippen LogP contribution is -2.35. The first-order chi connectivity index (χ1) is 14.0. The molecule has 2 N–H and O–H groups in total. The minimum Gasteiger partial charge on any atom is -0.362 e. The van der Waals surface area contributed by atoms with E-state index in [4.69, 9.17) is 0 Å². The maximum absolute atomic E-state index is 13.4. The number of carbonyl (C=O) groups is 2. The summed E-state index contributed by atoms with van der Waals surface area (Å²) in [5.41, 5.74) is 6.14. The number of nitrogens with zero attached hydrogens (tertiary/aromatic N) is 1. The average Bonchev–Trinajstić information content (AvgIpc) is 2.67. The van der Waals surface area contributed by atoms with Crippen LogP contribution in [0, 0.1) is 13.8 Å². The van der Waals surface area contributed by atoms with Gasteiger partial charge in [-0.3, -0.25) is 9.59 Å². The Kier molecular flexibility index (Phi) is 5.05. The van der Waals surface area contributed by atoms with Gasteiger partial charge in [0.15, 0.2) is 5.78 Å². The van der Waals surface area contributed by atoms with Gasteiger partial charge in [0.05, 0.1) is 0 Å². The van der Waals surface area contributed by atoms with Crippen LogP contribution in [0.4, 0.5) is 5.82 Å². The molecule has 5 heteroatoms. The molecule has 148 valence electrons. The molecule has 1 aliphatic carbocycles. The van der Waals surface area contributed by atoms with E-state index in [1.54, 1.807) is 6.20 Å². The predicted molar refractivity (Wildman–Crippen MR) is 113 cm³/mol. The molecular weight excluding hydrogens is 362 g/mol. The molecule has 0 saturated carbocycles. The summed E-state index contributed by atoms with van der Waals surface area (Å²) in [7, 11) is 0. The predicted octanol–water partition coefficient (Wildman–Crippen LogP) is 4.31. The second-order valence-corrected chi connectivity index (χ2v) is 7.79. The van der Waals surface area contributed by atoms with E-state index in [2.05, 4.69) is 15.6 Å². The van der Waals surface area contributed by atoms with Gasteiger partial charge in [-0.25, -0.2) is 4.98 Å². The van der Waals surface area contributed by atoms with Crippen molar-refractivity contribution < 1.29 is 9.59 Å². The number of pyridine rings is 1. The van der Waals surface area contributed by atoms with Crippen LogP contribution in [0.25, 0.3) is 0 Å². The third-order valence-electron chi connectivity index (χ3n) is 5.68. The Morgan fingerprint density at radius 2 is 1.93 bits per heavy atom. The van der Waals surface area contributed by atoms with Gasteiger partial charge >= 0.3 is 0 Å². The Hall–Kier alpha value is -3.21. The van der Waals surface area contributed by atoms with Crippen molar-refractivity contribution in [2.45, 2.75) is 46.0 Å². The number of ketones is 1. The molecule has 2 heterocycles. The molecule has 5 nitrogen and oxygen atoms in total. The number of allylic oxidation sites excluding steroid dienone is 3. The highest BCUT2D eigenvalue weighted by atomic mass is 16.2. The zero-order valence-electron chi connectivity index (χ0n) is 17.0. The maximum Gasteiger partial charge on any atom is 0.255 e. The summed E-state index contributed by atoms with van der Waals surface area (Å²) in [5.74, 6) is 0.0309. The van der Waals surface area contributed by atoms with Crippen LogP contribution < -0.4 is 10.6 Å². The first kappa shape index (κ1) is 19.1. The Balaban J connectivity index is 1.81. The van der Waals surface area contributed by atoms with Crippen LogP contribution in [-0.2, 0) is 9.59 Å². The fourth-order valence-electron chi connectivity index (χ4n) is 4.29. The number of hydrogen-bond acceptors (Lipinski definition) is 4. The molecule has 1 aromatic heterocycles. The highest BCUT2D eigenvalue weighted by Gasteiger charge is 2.38. The minimum atomic E-state index is -0.370. The molecule has 1 atom stereocenters. The lowest BCUT2D eigenvalue weighted by Gasteiger charge is -2.35. The van der Waals surface area contributed by atoms with E-state index in [0.717, 1.165) is 46.5 Å². The highest BCUT2D eigenvalue weighted by Crippen LogP contribution is 2.43. The fourth-order valence-corrected chi connectivity index (χ4v) is 4.29. The van der Waals surface area contributed by atoms with Crippen molar-refractivity contribution in [2.24, 2.45) is 0 Å². The monoisotopic (exact) mass is 387 g/mol. The van der Waals surface area contributed by atoms with Crippen molar-refractivity contribution in [2.75, 3.05) is 5.32 Å². The van der Waals surface area contributed by atoms with Gasteiger partial charge in [0, 0.05) is 41.1 Å². The SMILES string of the molecule is CC1=C(C(=O)Nc2cc(C)ccn2)[C@H](c2ccccc2C)C2=C(CCCC2=O)N1. The Morgan fingerprint density at radius 1 is 1.14 bits per heavy atom. The molecule has 0 bridgehead atoms. The number of carbonyl (C=O) groups excluding carboxylic acids is 2. The highest BCUT2D eigenvalue weighted by molar-refractivity contribution is 6.09. The van der Waals surface area contributed by atoms with E-state index in [1.807, 2.05) is 57.2 Å². The number of hydrogen-bond donors (Lipinski definition) is 2. The largest absolute Gasteiger partial charge is 0.362 e. The van der Waals surface area contributed by atoms with Crippen molar-refractivity contribution in [1.29, 1.82) is 0 Å². The molecule has 2 aliphatic rings. The van der Waals surface area contributed by atoms with E-state index in [1.165, 1.54) is 0 Å². The number of nitrogens with one attached hydrogen (secondary N) is 2. The number of benzene rings is 1. The molecule has 29 heavy (non-hydrogen) atoms. The third kappa shape index (κ3) is 3.60. The first-order valence-electron chi connectivity index (χ1n) is 9.99. The quantitative estimate of drug-likeness (QED) is 0.823. The first-order valence-corrected chi connectivity index (χ1v) is 9.99. The van der Waals surface area contributed by atoms with E-state index in [9.17, 15) is 9.59 Å². The van der Waals surface area contributed by atoms with Crippen LogP contribution in [0.3, 0.4) is 0 Å². The Bertz CT molecular complexity index is 1070. The van der Waals surface area contributed by atoms with Crippen molar-refractivity contribution >= 4 is 17.5 Å². The van der Waals surface area contributed by atoms with Gasteiger partial charge in [0.2, 0.25) is 0 Å². The lowest BCUT2D eigenvalue weighted by molar-refractivity contribution is -0.116. The summed E-state index contributed by atoms with van der Waals surface area (Å²) >= 11 is 0. The molecular formula is C24H25N3O2. The van der Waals surface area contributed by atoms with E-state index in [-0.39, 0.29) is 17.6 Å². The number of aryl methyl sites for hydroxylation is 2. The summed E-state index contributed by atoms with van der Waals surface area (Å²) in [6, 6.07) is 11.7. The standard InChI is InChI=1S/C24H25N3O2/c1-14-11-12-25-20(13-14)27-24(29)21-16(3)26-18-9-6-10-19(28)23(18)22(21)17-8-5-4-7-15(17)2/h4-5,7-8,11-13,22,26H,6,9-10H2,1-3H3,(H,25,27,29)/t22-/m0/s1. The average molecular weight is 387 g/mol. The molecule has 1 aliphatic heterocycles. The zero-order chi connectivity index (χ0) is 20.5. The van der Waals surface area contributed by atoms with Crippen LogP contribution >= 0.6 is 0 Å². The third-order valence-corrected chi connectivity index (χ3v) is 5.68. The van der Waals surface area contributed by atoms with Crippen LogP contribution in [0.2, 0.25) is 0 Å². The van der Waals surface area contributed by atoms with Crippen molar-refractivity contribution in [3.05, 3.63) is 81.8 Å². The summed E-state index contributed by atoms with van der Waals surface area (Å²) in [4.78, 5) is 30.6. The van der Waals surface area contributed by atoms with Gasteiger partial charge in [0.25, 0.3) is 5.91 Å². The van der Waals surface area contributed by atoms with Gasteiger partial charge in [-0.1, -0.05) is 24.3 Å². The molecule has 0 unspecified atom stereocenters. The number of anilines is 1. The van der Waals surface area contributed by atoms with Crippen LogP contribution in [0.15, 0.2) is 65.1 Å². The van der Waals surface area contributed by atoms with Crippen LogP contribution in [0.1, 0.15) is 48.8 Å². The van der Waals surface area contributed by atoms with E-state index >= 15 is 0 Å². The van der Waals surface area contributed by atoms with Gasteiger partial charge in [-0.2, -0.15) is 0 Å². The summed E-state index contributed by atoms with van der Waals surface area (Å²) in [6.07, 6.45) is 3.87. The number of amides is 1. The number of aromatic nitrogens is 1. The molecule has 4 rings (SSSR count). The maximum atomic E-state index is 13.4. The van der Waals surface area contributed by atoms with Crippen molar-refractivity contribution in [1.82, 2.24) is 10.3 Å². The summed E-state index contributed by atoms with van der Waals surface area (Å²) in [6.45, 7) is 5.89. The van der Waals surface area contributed by atoms with Crippen LogP contribution in [0.5, 0.6) is 0 Å². The molecule has 1 amide bonds. The van der Waals surface area contributed by atoms with Gasteiger partial charge in [-0.05, 0) is 62.4 Å². The molecule has 1 aromatic carbocycles. The smallest absolute Gasteiger partial charge is 0.255 e. The normalized spacial score (nSPS) is 19.0. The number of Topliss-reactive ketones (excluding diaryl/α,β-unsaturated/α-hetero) is 1. The second kappa shape index (κ2) is 7.66. The molecule has 0 fully saturated rings. The van der Waals surface area contributed by atoms with E-state index in [0.29, 0.717) is 17.8 Å². The summed E-state index contributed by atoms with van der Waals surface area (Å²) in [5, 5.41) is 6.28. The molecule has 0 spiro atoms. The minimum absolute atomic E-state index is 0.124. The fraction of sp³-hybridized carbons (Fsp3) is 0.292. The second-order valence-electron chi connectivity index (χ2n) is 7.79. The van der Waals surface area contributed by atoms with Crippen LogP contribution in [-0.4, -0.2) is 16.7 Å². The molecule has 0 radical (unpaired) electrons. The van der Waals surface area contributed by atoms with Gasteiger partial charge in [-0.15, -0.1) is 0 Å². The lowest BCUT2D eigenvalue weighted by atomic mass is 9.74. The van der Waals surface area contributed by atoms with Gasteiger partial charge in [0.1, 0.15) is 5.82 Å². The Labute approximate surface area is 170 Å². The van der Waals surface area contributed by atoms with Crippen molar-refractivity contribution in [3.8, 4) is 0 Å². The molecule has 2 aromatic rings. The topological polar surface area (TPSA) is 71.1 Å². The number of rotatable bonds is 3. The zero-order valence-corrected chi connectivity index (χ0v) is 17.0. The number of dihydropyridines is 1.